The van der Waals surface area contributed by atoms with Crippen LogP contribution in [0.2, 0.25) is 18.1 Å². The Kier molecular flexibility index (Phi) is 4.97. The van der Waals surface area contributed by atoms with Gasteiger partial charge in [0.25, 0.3) is 0 Å². The Hall–Kier alpha value is -0.393. The van der Waals surface area contributed by atoms with Crippen molar-refractivity contribution in [1.82, 2.24) is 0 Å². The van der Waals surface area contributed by atoms with Crippen LogP contribution in [0.4, 0.5) is 0 Å². The molecule has 2 atom stereocenters. The molecule has 0 aliphatic carbocycles. The van der Waals surface area contributed by atoms with E-state index in [2.05, 4.69) is 38.6 Å². The lowest BCUT2D eigenvalue weighted by atomic mass is 10.1. The average Bonchev–Trinajstić information content (AvgIpc) is 2.27. The van der Waals surface area contributed by atoms with Crippen LogP contribution in [0.15, 0.2) is 0 Å². The van der Waals surface area contributed by atoms with Crippen LogP contribution < -0.4 is 0 Å². The number of rotatable bonds is 3. The molecular formula is C13H26O4Si. The van der Waals surface area contributed by atoms with Crippen molar-refractivity contribution in [2.24, 2.45) is 0 Å². The predicted molar refractivity (Wildman–Crippen MR) is 73.1 cm³/mol. The van der Waals surface area contributed by atoms with Crippen LogP contribution in [0.5, 0.6) is 0 Å². The maximum atomic E-state index is 11.3. The molecule has 5 heteroatoms. The van der Waals surface area contributed by atoms with Crippen LogP contribution in [0.3, 0.4) is 0 Å². The fourth-order valence-electron chi connectivity index (χ4n) is 1.73. The third kappa shape index (κ3) is 3.80. The van der Waals surface area contributed by atoms with Crippen molar-refractivity contribution in [2.75, 3.05) is 13.7 Å². The zero-order valence-electron chi connectivity index (χ0n) is 12.4. The molecule has 1 heterocycles. The van der Waals surface area contributed by atoms with Crippen molar-refractivity contribution in [3.05, 3.63) is 0 Å². The van der Waals surface area contributed by atoms with Gasteiger partial charge in [-0.15, -0.1) is 0 Å². The van der Waals surface area contributed by atoms with E-state index in [4.69, 9.17) is 9.16 Å². The second-order valence-corrected chi connectivity index (χ2v) is 11.2. The summed E-state index contributed by atoms with van der Waals surface area (Å²) in [6.45, 7) is 11.6. The number of carbonyl (C=O) groups excluding carboxylic acids is 1. The molecule has 4 nitrogen and oxygen atoms in total. The van der Waals surface area contributed by atoms with Crippen molar-refractivity contribution >= 4 is 14.3 Å². The summed E-state index contributed by atoms with van der Waals surface area (Å²) < 4.78 is 16.5. The minimum atomic E-state index is -1.75. The summed E-state index contributed by atoms with van der Waals surface area (Å²) in [5.74, 6) is -0.277. The molecule has 0 bridgehead atoms. The van der Waals surface area contributed by atoms with Gasteiger partial charge in [-0.05, 0) is 31.0 Å². The topological polar surface area (TPSA) is 44.8 Å². The number of ether oxygens (including phenoxy) is 2. The van der Waals surface area contributed by atoms with Crippen LogP contribution in [0.25, 0.3) is 0 Å². The Labute approximate surface area is 111 Å². The lowest BCUT2D eigenvalue weighted by Crippen LogP contribution is -2.47. The van der Waals surface area contributed by atoms with Crippen molar-refractivity contribution in [2.45, 2.75) is 64.0 Å². The molecule has 1 saturated heterocycles. The molecule has 1 rings (SSSR count). The number of hydrogen-bond donors (Lipinski definition) is 0. The Morgan fingerprint density at radius 1 is 1.28 bits per heavy atom. The summed E-state index contributed by atoms with van der Waals surface area (Å²) in [5, 5.41) is 0.201. The highest BCUT2D eigenvalue weighted by atomic mass is 28.4. The van der Waals surface area contributed by atoms with Crippen molar-refractivity contribution in [1.29, 1.82) is 0 Å². The first kappa shape index (κ1) is 15.7. The first-order valence-corrected chi connectivity index (χ1v) is 9.45. The molecule has 0 spiro atoms. The van der Waals surface area contributed by atoms with E-state index in [-0.39, 0.29) is 17.1 Å². The van der Waals surface area contributed by atoms with E-state index in [1.807, 2.05) is 0 Å². The number of hydrogen-bond acceptors (Lipinski definition) is 4. The van der Waals surface area contributed by atoms with E-state index in [1.54, 1.807) is 0 Å². The lowest BCUT2D eigenvalue weighted by molar-refractivity contribution is -0.160. The molecule has 0 aromatic heterocycles. The van der Waals surface area contributed by atoms with E-state index >= 15 is 0 Å². The van der Waals surface area contributed by atoms with Crippen molar-refractivity contribution in [3.63, 3.8) is 0 Å². The van der Waals surface area contributed by atoms with Gasteiger partial charge < -0.3 is 13.9 Å². The molecule has 1 fully saturated rings. The maximum absolute atomic E-state index is 11.3. The highest BCUT2D eigenvalue weighted by Gasteiger charge is 2.40. The summed E-state index contributed by atoms with van der Waals surface area (Å²) in [6, 6.07) is 0. The molecule has 0 aromatic rings. The summed E-state index contributed by atoms with van der Waals surface area (Å²) in [7, 11) is -0.353. The second-order valence-electron chi connectivity index (χ2n) is 6.42. The monoisotopic (exact) mass is 274 g/mol. The second kappa shape index (κ2) is 5.71. The first-order chi connectivity index (χ1) is 8.17. The fraction of sp³-hybridized carbons (Fsp3) is 0.923. The van der Waals surface area contributed by atoms with E-state index in [1.165, 1.54) is 7.11 Å². The molecule has 0 radical (unpaired) electrons. The zero-order valence-corrected chi connectivity index (χ0v) is 13.4. The summed E-state index contributed by atoms with van der Waals surface area (Å²) in [4.78, 5) is 11.3. The van der Waals surface area contributed by atoms with Gasteiger partial charge in [-0.2, -0.15) is 0 Å². The molecular weight excluding hydrogens is 248 g/mol. The van der Waals surface area contributed by atoms with Gasteiger partial charge in [0, 0.05) is 0 Å². The van der Waals surface area contributed by atoms with E-state index in [0.717, 1.165) is 6.42 Å². The number of methoxy groups -OCH3 is 1. The summed E-state index contributed by atoms with van der Waals surface area (Å²) >= 11 is 0. The van der Waals surface area contributed by atoms with Gasteiger partial charge in [-0.25, -0.2) is 4.79 Å². The van der Waals surface area contributed by atoms with Crippen LogP contribution in [0.1, 0.15) is 33.6 Å². The van der Waals surface area contributed by atoms with Crippen LogP contribution >= 0.6 is 0 Å². The zero-order chi connectivity index (χ0) is 14.0. The molecule has 0 unspecified atom stereocenters. The Morgan fingerprint density at radius 2 is 1.89 bits per heavy atom. The quantitative estimate of drug-likeness (QED) is 0.586. The Morgan fingerprint density at radius 3 is 2.28 bits per heavy atom. The number of esters is 1. The maximum Gasteiger partial charge on any atom is 0.334 e. The minimum Gasteiger partial charge on any atom is -0.467 e. The molecule has 106 valence electrons. The summed E-state index contributed by atoms with van der Waals surface area (Å²) in [5.41, 5.74) is 0. The third-order valence-electron chi connectivity index (χ3n) is 3.97. The fourth-order valence-corrected chi connectivity index (χ4v) is 3.10. The normalized spacial score (nSPS) is 25.9. The summed E-state index contributed by atoms with van der Waals surface area (Å²) in [6.07, 6.45) is 1.26. The molecule has 0 N–H and O–H groups in total. The minimum absolute atomic E-state index is 0.117. The first-order valence-electron chi connectivity index (χ1n) is 6.54. The third-order valence-corrected chi connectivity index (χ3v) is 8.50. The van der Waals surface area contributed by atoms with E-state index in [9.17, 15) is 4.79 Å². The average molecular weight is 274 g/mol. The van der Waals surface area contributed by atoms with Gasteiger partial charge in [-0.3, -0.25) is 0 Å². The van der Waals surface area contributed by atoms with Gasteiger partial charge >= 0.3 is 5.97 Å². The Bertz CT molecular complexity index is 288. The highest BCUT2D eigenvalue weighted by molar-refractivity contribution is 6.74. The largest absolute Gasteiger partial charge is 0.467 e. The van der Waals surface area contributed by atoms with Gasteiger partial charge in [0.05, 0.1) is 19.8 Å². The predicted octanol–water partition coefficient (Wildman–Crippen LogP) is 2.73. The molecule has 18 heavy (non-hydrogen) atoms. The molecule has 0 aromatic carbocycles. The van der Waals surface area contributed by atoms with E-state index in [0.29, 0.717) is 13.0 Å². The van der Waals surface area contributed by atoms with Crippen LogP contribution in [-0.2, 0) is 18.7 Å². The smallest absolute Gasteiger partial charge is 0.334 e. The van der Waals surface area contributed by atoms with Crippen LogP contribution in [0, 0.1) is 0 Å². The lowest BCUT2D eigenvalue weighted by Gasteiger charge is -2.40. The van der Waals surface area contributed by atoms with Crippen molar-refractivity contribution < 1.29 is 18.7 Å². The molecule has 0 amide bonds. The highest BCUT2D eigenvalue weighted by Crippen LogP contribution is 2.38. The number of carbonyl (C=O) groups is 1. The van der Waals surface area contributed by atoms with Gasteiger partial charge in [0.1, 0.15) is 0 Å². The van der Waals surface area contributed by atoms with Gasteiger partial charge in [0.2, 0.25) is 0 Å². The van der Waals surface area contributed by atoms with Crippen LogP contribution in [-0.4, -0.2) is 40.2 Å². The van der Waals surface area contributed by atoms with Gasteiger partial charge in [0.15, 0.2) is 14.4 Å². The van der Waals surface area contributed by atoms with Gasteiger partial charge in [-0.1, -0.05) is 20.8 Å². The van der Waals surface area contributed by atoms with Crippen molar-refractivity contribution in [3.8, 4) is 0 Å². The molecule has 1 aliphatic heterocycles. The molecule has 0 saturated carbocycles. The SMILES string of the molecule is COC(=O)[C@@H]1CC[C@@H](O[Si](C)(C)C(C)(C)C)CO1. The van der Waals surface area contributed by atoms with E-state index < -0.39 is 14.4 Å². The molecule has 1 aliphatic rings. The standard InChI is InChI=1S/C13H26O4Si/c1-13(2,3)18(5,6)17-10-7-8-11(16-9-10)12(14)15-4/h10-11H,7-9H2,1-6H3/t10-,11+/m1/s1. The Balaban J connectivity index is 2.47.